The molecule has 4 rings (SSSR count). The van der Waals surface area contributed by atoms with Gasteiger partial charge in [-0.25, -0.2) is 32.2 Å². The van der Waals surface area contributed by atoms with Gasteiger partial charge in [0.05, 0.1) is 11.9 Å². The predicted molar refractivity (Wildman–Crippen MR) is 156 cm³/mol. The number of anilines is 2. The monoisotopic (exact) mass is 592 g/mol. The van der Waals surface area contributed by atoms with E-state index in [4.69, 9.17) is 0 Å². The Morgan fingerprint density at radius 3 is 2.39 bits per heavy atom. The van der Waals surface area contributed by atoms with Crippen molar-refractivity contribution in [3.05, 3.63) is 34.4 Å². The molecule has 0 aliphatic heterocycles. The molecule has 0 bridgehead atoms. The summed E-state index contributed by atoms with van der Waals surface area (Å²) in [7, 11) is 0.167. The standard InChI is InChI=1S/C27H38F2N8O3S/c1-16(2)37-24-21(15-30-26(34-24)32-18-7-9-19(10-8-18)36(5)6)33-23(25(37)38)20-11-12-22(31-17(20)3)35-41(39,40)14-13-27(4,28)29/h11-12,15-16,18-19H,7-10,13-14H2,1-6H3,(H,31,35)(H,30,32,34)/t18-,19-. The van der Waals surface area contributed by atoms with Crippen LogP contribution >= 0.6 is 0 Å². The Bertz CT molecular complexity index is 1560. The summed E-state index contributed by atoms with van der Waals surface area (Å²) in [5.41, 5.74) is 1.36. The summed E-state index contributed by atoms with van der Waals surface area (Å²) in [6.45, 7) is 6.04. The lowest BCUT2D eigenvalue weighted by Crippen LogP contribution is -2.36. The Kier molecular flexibility index (Phi) is 8.93. The molecule has 3 aromatic heterocycles. The van der Waals surface area contributed by atoms with Gasteiger partial charge in [-0.15, -0.1) is 0 Å². The zero-order valence-electron chi connectivity index (χ0n) is 24.3. The number of sulfonamides is 1. The van der Waals surface area contributed by atoms with Crippen molar-refractivity contribution < 1.29 is 17.2 Å². The maximum Gasteiger partial charge on any atom is 0.279 e. The topological polar surface area (TPSA) is 135 Å². The molecular formula is C27H38F2N8O3S. The largest absolute Gasteiger partial charge is 0.351 e. The molecule has 1 aliphatic rings. The van der Waals surface area contributed by atoms with E-state index in [9.17, 15) is 22.0 Å². The van der Waals surface area contributed by atoms with Gasteiger partial charge in [0, 0.05) is 35.8 Å². The first-order valence-electron chi connectivity index (χ1n) is 13.7. The Hall–Kier alpha value is -3.26. The van der Waals surface area contributed by atoms with Crippen LogP contribution in [0.25, 0.3) is 22.4 Å². The van der Waals surface area contributed by atoms with Crippen molar-refractivity contribution in [1.29, 1.82) is 0 Å². The van der Waals surface area contributed by atoms with E-state index in [1.807, 2.05) is 13.8 Å². The minimum absolute atomic E-state index is 0.0330. The van der Waals surface area contributed by atoms with Crippen molar-refractivity contribution in [2.24, 2.45) is 0 Å². The number of rotatable bonds is 10. The molecule has 3 aromatic rings. The number of hydrogen-bond acceptors (Lipinski definition) is 9. The average molecular weight is 593 g/mol. The Morgan fingerprint density at radius 2 is 1.80 bits per heavy atom. The van der Waals surface area contributed by atoms with Crippen LogP contribution in [0.15, 0.2) is 23.1 Å². The average Bonchev–Trinajstić information content (AvgIpc) is 2.87. The number of aromatic nitrogens is 5. The summed E-state index contributed by atoms with van der Waals surface area (Å²) in [4.78, 5) is 33.9. The third kappa shape index (κ3) is 7.53. The van der Waals surface area contributed by atoms with Crippen molar-refractivity contribution in [2.75, 3.05) is 29.9 Å². The molecule has 0 saturated heterocycles. The number of nitrogens with zero attached hydrogens (tertiary/aromatic N) is 6. The molecule has 14 heteroatoms. The fourth-order valence-electron chi connectivity index (χ4n) is 5.04. The van der Waals surface area contributed by atoms with Gasteiger partial charge >= 0.3 is 0 Å². The molecular weight excluding hydrogens is 554 g/mol. The molecule has 1 saturated carbocycles. The molecule has 0 atom stereocenters. The molecule has 1 aliphatic carbocycles. The molecule has 0 aromatic carbocycles. The smallest absolute Gasteiger partial charge is 0.279 e. The van der Waals surface area contributed by atoms with Crippen LogP contribution in [0.5, 0.6) is 0 Å². The van der Waals surface area contributed by atoms with E-state index < -0.39 is 28.1 Å². The fourth-order valence-corrected chi connectivity index (χ4v) is 6.20. The van der Waals surface area contributed by atoms with Gasteiger partial charge in [-0.2, -0.15) is 4.98 Å². The van der Waals surface area contributed by atoms with E-state index in [2.05, 4.69) is 49.0 Å². The second-order valence-electron chi connectivity index (χ2n) is 11.3. The zero-order valence-corrected chi connectivity index (χ0v) is 25.1. The molecule has 0 radical (unpaired) electrons. The molecule has 1 fully saturated rings. The van der Waals surface area contributed by atoms with Gasteiger partial charge in [0.1, 0.15) is 17.0 Å². The normalized spacial score (nSPS) is 18.3. The summed E-state index contributed by atoms with van der Waals surface area (Å²) in [6, 6.07) is 3.50. The van der Waals surface area contributed by atoms with Crippen molar-refractivity contribution in [1.82, 2.24) is 29.4 Å². The fraction of sp³-hybridized carbons (Fsp3) is 0.593. The minimum Gasteiger partial charge on any atom is -0.351 e. The van der Waals surface area contributed by atoms with Crippen molar-refractivity contribution in [3.63, 3.8) is 0 Å². The first-order valence-corrected chi connectivity index (χ1v) is 15.4. The van der Waals surface area contributed by atoms with Gasteiger partial charge in [-0.3, -0.25) is 14.1 Å². The first kappa shape index (κ1) is 30.7. The number of fused-ring (bicyclic) bond motifs is 1. The van der Waals surface area contributed by atoms with Crippen molar-refractivity contribution in [3.8, 4) is 11.3 Å². The van der Waals surface area contributed by atoms with Gasteiger partial charge in [0.15, 0.2) is 5.65 Å². The highest BCUT2D eigenvalue weighted by molar-refractivity contribution is 7.92. The summed E-state index contributed by atoms with van der Waals surface area (Å²) in [6.07, 6.45) is 4.95. The van der Waals surface area contributed by atoms with Crippen LogP contribution in [0, 0.1) is 6.92 Å². The van der Waals surface area contributed by atoms with E-state index in [-0.39, 0.29) is 29.2 Å². The van der Waals surface area contributed by atoms with E-state index >= 15 is 0 Å². The third-order valence-corrected chi connectivity index (χ3v) is 8.58. The second-order valence-corrected chi connectivity index (χ2v) is 13.2. The van der Waals surface area contributed by atoms with E-state index in [1.54, 1.807) is 17.7 Å². The van der Waals surface area contributed by atoms with Gasteiger partial charge in [0.25, 0.3) is 5.56 Å². The number of pyridine rings is 1. The van der Waals surface area contributed by atoms with E-state index in [1.165, 1.54) is 12.1 Å². The summed E-state index contributed by atoms with van der Waals surface area (Å²) < 4.78 is 54.6. The van der Waals surface area contributed by atoms with Gasteiger partial charge in [-0.1, -0.05) is 0 Å². The Balaban J connectivity index is 1.62. The Labute approximate surface area is 238 Å². The van der Waals surface area contributed by atoms with Crippen molar-refractivity contribution >= 4 is 33.0 Å². The van der Waals surface area contributed by atoms with E-state index in [0.717, 1.165) is 25.7 Å². The lowest BCUT2D eigenvalue weighted by atomic mass is 9.91. The number of hydrogen-bond donors (Lipinski definition) is 2. The highest BCUT2D eigenvalue weighted by Crippen LogP contribution is 2.26. The van der Waals surface area contributed by atoms with Crippen LogP contribution in [-0.4, -0.2) is 75.7 Å². The van der Waals surface area contributed by atoms with Gasteiger partial charge < -0.3 is 10.2 Å². The molecule has 41 heavy (non-hydrogen) atoms. The maximum absolute atomic E-state index is 13.7. The van der Waals surface area contributed by atoms with Crippen LogP contribution < -0.4 is 15.6 Å². The van der Waals surface area contributed by atoms with Gasteiger partial charge in [-0.05, 0) is 79.6 Å². The van der Waals surface area contributed by atoms with Gasteiger partial charge in [0.2, 0.25) is 21.9 Å². The summed E-state index contributed by atoms with van der Waals surface area (Å²) in [5.74, 6) is -3.44. The summed E-state index contributed by atoms with van der Waals surface area (Å²) >= 11 is 0. The van der Waals surface area contributed by atoms with Crippen LogP contribution in [0.3, 0.4) is 0 Å². The minimum atomic E-state index is -4.04. The molecule has 2 N–H and O–H groups in total. The molecule has 0 spiro atoms. The molecule has 0 unspecified atom stereocenters. The zero-order chi connectivity index (χ0) is 30.1. The number of nitrogens with one attached hydrogen (secondary N) is 2. The quantitative estimate of drug-likeness (QED) is 0.355. The third-order valence-electron chi connectivity index (χ3n) is 7.32. The second kappa shape index (κ2) is 11.9. The molecule has 3 heterocycles. The van der Waals surface area contributed by atoms with Crippen molar-refractivity contribution in [2.45, 2.75) is 83.8 Å². The predicted octanol–water partition coefficient (Wildman–Crippen LogP) is 4.21. The highest BCUT2D eigenvalue weighted by Gasteiger charge is 2.26. The SMILES string of the molecule is Cc1nc(NS(=O)(=O)CCC(C)(F)F)ccc1-c1nc2cnc(N[C@H]3CC[C@H](N(C)C)CC3)nc2n(C(C)C)c1=O. The van der Waals surface area contributed by atoms with Crippen LogP contribution in [0.2, 0.25) is 0 Å². The first-order chi connectivity index (χ1) is 19.1. The lowest BCUT2D eigenvalue weighted by Gasteiger charge is -2.32. The Morgan fingerprint density at radius 1 is 1.12 bits per heavy atom. The van der Waals surface area contributed by atoms with Crippen LogP contribution in [0.4, 0.5) is 20.5 Å². The van der Waals surface area contributed by atoms with Crippen LogP contribution in [-0.2, 0) is 10.0 Å². The summed E-state index contributed by atoms with van der Waals surface area (Å²) in [5, 5.41) is 3.42. The van der Waals surface area contributed by atoms with E-state index in [0.29, 0.717) is 41.3 Å². The molecule has 0 amide bonds. The lowest BCUT2D eigenvalue weighted by molar-refractivity contribution is 0.0189. The maximum atomic E-state index is 13.7. The highest BCUT2D eigenvalue weighted by atomic mass is 32.2. The molecule has 11 nitrogen and oxygen atoms in total. The number of halogens is 2. The van der Waals surface area contributed by atoms with Crippen LogP contribution in [0.1, 0.15) is 64.6 Å². The number of aryl methyl sites for hydroxylation is 1. The molecule has 224 valence electrons. The number of alkyl halides is 2.